The molecule has 3 nitrogen and oxygen atoms in total. The summed E-state index contributed by atoms with van der Waals surface area (Å²) in [7, 11) is 0. The van der Waals surface area contributed by atoms with Crippen LogP contribution >= 0.6 is 22.6 Å². The van der Waals surface area contributed by atoms with E-state index in [0.29, 0.717) is 11.1 Å². The van der Waals surface area contributed by atoms with Crippen molar-refractivity contribution < 1.29 is 9.90 Å². The summed E-state index contributed by atoms with van der Waals surface area (Å²) in [6, 6.07) is 14.6. The van der Waals surface area contributed by atoms with Gasteiger partial charge in [-0.2, -0.15) is 0 Å². The molecule has 0 saturated heterocycles. The van der Waals surface area contributed by atoms with Crippen LogP contribution in [0.4, 0.5) is 0 Å². The minimum atomic E-state index is -0.175. The van der Waals surface area contributed by atoms with Crippen molar-refractivity contribution in [3.8, 4) is 5.88 Å². The molecule has 0 atom stereocenters. The van der Waals surface area contributed by atoms with E-state index in [0.717, 1.165) is 14.5 Å². The molecule has 0 bridgehead atoms. The van der Waals surface area contributed by atoms with Crippen LogP contribution in [0.25, 0.3) is 10.9 Å². The lowest BCUT2D eigenvalue weighted by Crippen LogP contribution is -2.00. The number of aromatic hydroxyl groups is 1. The fourth-order valence-electron chi connectivity index (χ4n) is 2.12. The van der Waals surface area contributed by atoms with Gasteiger partial charge in [0, 0.05) is 14.5 Å². The van der Waals surface area contributed by atoms with Crippen molar-refractivity contribution in [1.29, 1.82) is 0 Å². The highest BCUT2D eigenvalue weighted by Gasteiger charge is 2.19. The summed E-state index contributed by atoms with van der Waals surface area (Å²) in [4.78, 5) is 15.3. The normalized spacial score (nSPS) is 10.8. The molecule has 0 unspecified atom stereocenters. The van der Waals surface area contributed by atoms with Gasteiger partial charge in [-0.15, -0.1) is 0 Å². The number of benzene rings is 2. The van der Waals surface area contributed by atoms with Gasteiger partial charge >= 0.3 is 0 Å². The fourth-order valence-corrected chi connectivity index (χ4v) is 2.61. The van der Waals surface area contributed by atoms with Crippen molar-refractivity contribution in [2.45, 2.75) is 0 Å². The summed E-state index contributed by atoms with van der Waals surface area (Å²) in [6.45, 7) is 0. The standard InChI is InChI=1S/C15H10INO2/c16-10-6-7-11-12(8-10)17-15(19)13(11)14(18)9-4-2-1-3-5-9/h1-8,17,19H. The number of carbonyl (C=O) groups excluding carboxylic acids is 1. The Labute approximate surface area is 123 Å². The molecule has 1 heterocycles. The van der Waals surface area contributed by atoms with Gasteiger partial charge in [0.2, 0.25) is 5.88 Å². The van der Waals surface area contributed by atoms with E-state index in [1.807, 2.05) is 36.4 Å². The number of hydrogen-bond acceptors (Lipinski definition) is 2. The van der Waals surface area contributed by atoms with Gasteiger partial charge in [0.1, 0.15) is 0 Å². The summed E-state index contributed by atoms with van der Waals surface area (Å²) in [5.74, 6) is -0.253. The first-order valence-electron chi connectivity index (χ1n) is 5.77. The predicted molar refractivity (Wildman–Crippen MR) is 82.6 cm³/mol. The third kappa shape index (κ3) is 2.12. The van der Waals surface area contributed by atoms with Crippen molar-refractivity contribution in [3.63, 3.8) is 0 Å². The number of ketones is 1. The zero-order chi connectivity index (χ0) is 13.4. The second-order valence-electron chi connectivity index (χ2n) is 4.23. The Hall–Kier alpha value is -1.82. The van der Waals surface area contributed by atoms with Gasteiger partial charge in [0.05, 0.1) is 11.1 Å². The van der Waals surface area contributed by atoms with Crippen LogP contribution in [-0.4, -0.2) is 15.9 Å². The van der Waals surface area contributed by atoms with Crippen molar-refractivity contribution in [2.75, 3.05) is 0 Å². The molecule has 3 rings (SSSR count). The van der Waals surface area contributed by atoms with Crippen LogP contribution in [0.1, 0.15) is 15.9 Å². The molecule has 0 radical (unpaired) electrons. The third-order valence-corrected chi connectivity index (χ3v) is 3.67. The molecule has 0 spiro atoms. The van der Waals surface area contributed by atoms with Crippen LogP contribution in [-0.2, 0) is 0 Å². The Morgan fingerprint density at radius 2 is 1.84 bits per heavy atom. The quantitative estimate of drug-likeness (QED) is 0.539. The molecule has 0 saturated carbocycles. The second-order valence-corrected chi connectivity index (χ2v) is 5.48. The maximum atomic E-state index is 12.4. The third-order valence-electron chi connectivity index (χ3n) is 3.00. The molecule has 0 aliphatic rings. The fraction of sp³-hybridized carbons (Fsp3) is 0. The molecular weight excluding hydrogens is 353 g/mol. The first-order chi connectivity index (χ1) is 9.16. The van der Waals surface area contributed by atoms with Crippen molar-refractivity contribution in [1.82, 2.24) is 4.98 Å². The number of rotatable bonds is 2. The highest BCUT2D eigenvalue weighted by Crippen LogP contribution is 2.30. The smallest absolute Gasteiger partial charge is 0.200 e. The van der Waals surface area contributed by atoms with Gasteiger partial charge < -0.3 is 10.1 Å². The Morgan fingerprint density at radius 1 is 1.11 bits per heavy atom. The number of carbonyl (C=O) groups is 1. The molecule has 2 N–H and O–H groups in total. The molecule has 0 fully saturated rings. The number of H-pyrrole nitrogens is 1. The van der Waals surface area contributed by atoms with Crippen LogP contribution in [0.3, 0.4) is 0 Å². The molecule has 0 amide bonds. The van der Waals surface area contributed by atoms with E-state index in [9.17, 15) is 9.90 Å². The van der Waals surface area contributed by atoms with E-state index in [2.05, 4.69) is 27.6 Å². The lowest BCUT2D eigenvalue weighted by Gasteiger charge is -2.00. The minimum Gasteiger partial charge on any atom is -0.494 e. The average molecular weight is 363 g/mol. The molecular formula is C15H10INO2. The number of hydrogen-bond donors (Lipinski definition) is 2. The molecule has 94 valence electrons. The maximum absolute atomic E-state index is 12.4. The van der Waals surface area contributed by atoms with Crippen molar-refractivity contribution in [3.05, 3.63) is 63.2 Å². The van der Waals surface area contributed by atoms with Crippen molar-refractivity contribution >= 4 is 39.3 Å². The van der Waals surface area contributed by atoms with Gasteiger partial charge in [-0.05, 0) is 34.7 Å². The second kappa shape index (κ2) is 4.70. The summed E-state index contributed by atoms with van der Waals surface area (Å²) in [5.41, 5.74) is 1.67. The topological polar surface area (TPSA) is 53.1 Å². The summed E-state index contributed by atoms with van der Waals surface area (Å²) >= 11 is 2.19. The Morgan fingerprint density at radius 3 is 2.58 bits per heavy atom. The van der Waals surface area contributed by atoms with Crippen LogP contribution in [0.2, 0.25) is 0 Å². The predicted octanol–water partition coefficient (Wildman–Crippen LogP) is 3.71. The van der Waals surface area contributed by atoms with Gasteiger partial charge in [-0.3, -0.25) is 4.79 Å². The molecule has 2 aromatic carbocycles. The zero-order valence-electron chi connectivity index (χ0n) is 9.85. The molecule has 4 heteroatoms. The Bertz CT molecular complexity index is 762. The lowest BCUT2D eigenvalue weighted by atomic mass is 10.0. The van der Waals surface area contributed by atoms with Gasteiger partial charge in [-0.25, -0.2) is 0 Å². The van der Waals surface area contributed by atoms with Crippen LogP contribution in [0.15, 0.2) is 48.5 Å². The molecule has 19 heavy (non-hydrogen) atoms. The first kappa shape index (κ1) is 12.2. The SMILES string of the molecule is O=C(c1ccccc1)c1c(O)[nH]c2cc(I)ccc12. The Kier molecular flexibility index (Phi) is 3.02. The van der Waals surface area contributed by atoms with E-state index >= 15 is 0 Å². The van der Waals surface area contributed by atoms with Gasteiger partial charge in [0.25, 0.3) is 0 Å². The maximum Gasteiger partial charge on any atom is 0.200 e. The van der Waals surface area contributed by atoms with Crippen molar-refractivity contribution in [2.24, 2.45) is 0 Å². The number of fused-ring (bicyclic) bond motifs is 1. The van der Waals surface area contributed by atoms with Gasteiger partial charge in [-0.1, -0.05) is 36.4 Å². The number of nitrogens with one attached hydrogen (secondary N) is 1. The monoisotopic (exact) mass is 363 g/mol. The highest BCUT2D eigenvalue weighted by atomic mass is 127. The average Bonchev–Trinajstić information content (AvgIpc) is 2.74. The van der Waals surface area contributed by atoms with Crippen LogP contribution in [0.5, 0.6) is 5.88 Å². The van der Waals surface area contributed by atoms with E-state index in [1.54, 1.807) is 12.1 Å². The molecule has 0 aliphatic carbocycles. The summed E-state index contributed by atoms with van der Waals surface area (Å²) in [6.07, 6.45) is 0. The van der Waals surface area contributed by atoms with E-state index < -0.39 is 0 Å². The van der Waals surface area contributed by atoms with E-state index in [1.165, 1.54) is 0 Å². The Balaban J connectivity index is 2.20. The molecule has 3 aromatic rings. The zero-order valence-corrected chi connectivity index (χ0v) is 12.0. The highest BCUT2D eigenvalue weighted by molar-refractivity contribution is 14.1. The number of halogens is 1. The van der Waals surface area contributed by atoms with Gasteiger partial charge in [0.15, 0.2) is 5.78 Å². The summed E-state index contributed by atoms with van der Waals surface area (Å²) in [5, 5.41) is 10.7. The first-order valence-corrected chi connectivity index (χ1v) is 6.84. The van der Waals surface area contributed by atoms with E-state index in [4.69, 9.17) is 0 Å². The van der Waals surface area contributed by atoms with Crippen LogP contribution < -0.4 is 0 Å². The summed E-state index contributed by atoms with van der Waals surface area (Å²) < 4.78 is 1.05. The molecule has 0 aliphatic heterocycles. The largest absolute Gasteiger partial charge is 0.494 e. The lowest BCUT2D eigenvalue weighted by molar-refractivity contribution is 0.103. The van der Waals surface area contributed by atoms with Crippen LogP contribution in [0, 0.1) is 3.57 Å². The van der Waals surface area contributed by atoms with E-state index in [-0.39, 0.29) is 11.7 Å². The number of aromatic amines is 1. The minimum absolute atomic E-state index is 0.0779. The number of aromatic nitrogens is 1. The molecule has 1 aromatic heterocycles.